The second-order valence-corrected chi connectivity index (χ2v) is 6.79. The Labute approximate surface area is 157 Å². The molecule has 0 N–H and O–H groups in total. The highest BCUT2D eigenvalue weighted by Crippen LogP contribution is 2.36. The Balaban J connectivity index is 2.06. The Hall–Kier alpha value is -2.49. The maximum Gasteiger partial charge on any atom is 0.416 e. The number of nitrogens with zero attached hydrogens (tertiary/aromatic N) is 2. The molecule has 0 unspecified atom stereocenters. The number of nitriles is 1. The number of aromatic nitrogens is 1. The Bertz CT molecular complexity index is 997. The molecular weight excluding hydrogens is 381 g/mol. The van der Waals surface area contributed by atoms with Gasteiger partial charge in [-0.2, -0.15) is 18.4 Å². The van der Waals surface area contributed by atoms with Crippen molar-refractivity contribution in [3.05, 3.63) is 76.9 Å². The molecule has 0 aliphatic carbocycles. The lowest BCUT2D eigenvalue weighted by atomic mass is 10.0. The molecule has 0 atom stereocenters. The molecule has 1 aromatic heterocycles. The zero-order valence-electron chi connectivity index (χ0n) is 13.1. The van der Waals surface area contributed by atoms with Gasteiger partial charge in [-0.1, -0.05) is 41.6 Å². The van der Waals surface area contributed by atoms with Crippen LogP contribution in [0.1, 0.15) is 11.1 Å². The van der Waals surface area contributed by atoms with Gasteiger partial charge in [0, 0.05) is 21.7 Å². The number of hydrogen-bond acceptors (Lipinski definition) is 3. The highest BCUT2D eigenvalue weighted by molar-refractivity contribution is 7.99. The van der Waals surface area contributed by atoms with Gasteiger partial charge in [-0.3, -0.25) is 0 Å². The molecule has 7 heteroatoms. The van der Waals surface area contributed by atoms with E-state index in [1.54, 1.807) is 24.3 Å². The van der Waals surface area contributed by atoms with Gasteiger partial charge in [0.2, 0.25) is 0 Å². The first-order valence-corrected chi connectivity index (χ1v) is 8.58. The molecule has 0 aliphatic heterocycles. The van der Waals surface area contributed by atoms with Crippen LogP contribution in [0, 0.1) is 11.3 Å². The van der Waals surface area contributed by atoms with Crippen LogP contribution >= 0.6 is 23.4 Å². The van der Waals surface area contributed by atoms with E-state index in [2.05, 4.69) is 11.1 Å². The normalized spacial score (nSPS) is 11.2. The maximum atomic E-state index is 13.0. The van der Waals surface area contributed by atoms with Crippen LogP contribution in [0.5, 0.6) is 0 Å². The van der Waals surface area contributed by atoms with Crippen LogP contribution in [0.15, 0.2) is 70.7 Å². The molecule has 2 nitrogen and oxygen atoms in total. The van der Waals surface area contributed by atoms with E-state index in [0.717, 1.165) is 17.0 Å². The molecule has 0 aliphatic rings. The molecular formula is C19H10ClF3N2S. The molecule has 0 saturated carbocycles. The van der Waals surface area contributed by atoms with Crippen LogP contribution in [-0.4, -0.2) is 4.98 Å². The van der Waals surface area contributed by atoms with Crippen molar-refractivity contribution in [1.82, 2.24) is 4.98 Å². The van der Waals surface area contributed by atoms with Crippen LogP contribution in [-0.2, 0) is 6.18 Å². The predicted octanol–water partition coefficient (Wildman–Crippen LogP) is 6.44. The summed E-state index contributed by atoms with van der Waals surface area (Å²) in [5.74, 6) is 0. The van der Waals surface area contributed by atoms with Gasteiger partial charge in [0.15, 0.2) is 0 Å². The highest BCUT2D eigenvalue weighted by atomic mass is 35.5. The summed E-state index contributed by atoms with van der Waals surface area (Å²) in [4.78, 5) is 4.99. The minimum Gasteiger partial charge on any atom is -0.248 e. The van der Waals surface area contributed by atoms with E-state index in [-0.39, 0.29) is 5.56 Å². The quantitative estimate of drug-likeness (QED) is 0.516. The Kier molecular flexibility index (Phi) is 5.21. The van der Waals surface area contributed by atoms with Gasteiger partial charge in [-0.15, -0.1) is 0 Å². The summed E-state index contributed by atoms with van der Waals surface area (Å²) < 4.78 is 38.9. The largest absolute Gasteiger partial charge is 0.416 e. The monoisotopic (exact) mass is 390 g/mol. The lowest BCUT2D eigenvalue weighted by Crippen LogP contribution is -2.04. The van der Waals surface area contributed by atoms with Gasteiger partial charge in [-0.05, 0) is 42.0 Å². The van der Waals surface area contributed by atoms with E-state index in [4.69, 9.17) is 11.6 Å². The number of halogens is 4. The molecule has 26 heavy (non-hydrogen) atoms. The van der Waals surface area contributed by atoms with E-state index in [9.17, 15) is 18.4 Å². The molecule has 0 amide bonds. The van der Waals surface area contributed by atoms with Gasteiger partial charge in [0.1, 0.15) is 11.1 Å². The average Bonchev–Trinajstić information content (AvgIpc) is 2.61. The van der Waals surface area contributed by atoms with Gasteiger partial charge in [0.05, 0.1) is 11.1 Å². The van der Waals surface area contributed by atoms with Crippen LogP contribution in [0.3, 0.4) is 0 Å². The van der Waals surface area contributed by atoms with Gasteiger partial charge < -0.3 is 0 Å². The topological polar surface area (TPSA) is 36.7 Å². The smallest absolute Gasteiger partial charge is 0.248 e. The number of alkyl halides is 3. The van der Waals surface area contributed by atoms with Crippen molar-refractivity contribution < 1.29 is 13.2 Å². The third-order valence-corrected chi connectivity index (χ3v) is 4.77. The first kappa shape index (κ1) is 18.3. The van der Waals surface area contributed by atoms with Gasteiger partial charge in [0.25, 0.3) is 0 Å². The molecule has 3 rings (SSSR count). The van der Waals surface area contributed by atoms with E-state index in [0.29, 0.717) is 21.2 Å². The number of rotatable bonds is 3. The first-order valence-electron chi connectivity index (χ1n) is 7.38. The Morgan fingerprint density at radius 1 is 1.04 bits per heavy atom. The van der Waals surface area contributed by atoms with Crippen molar-refractivity contribution in [3.63, 3.8) is 0 Å². The number of benzene rings is 2. The van der Waals surface area contributed by atoms with E-state index < -0.39 is 11.7 Å². The third-order valence-electron chi connectivity index (χ3n) is 3.54. The molecule has 0 radical (unpaired) electrons. The molecule has 2 aromatic carbocycles. The molecule has 3 aromatic rings. The standard InChI is InChI=1S/C19H10ClF3N2S/c20-14-5-2-6-15(10-14)26-18-17(11-24)16(7-8-25-18)12-3-1-4-13(9-12)19(21,22)23/h1-10H. The first-order chi connectivity index (χ1) is 12.4. The van der Waals surface area contributed by atoms with Crippen molar-refractivity contribution in [3.8, 4) is 17.2 Å². The summed E-state index contributed by atoms with van der Waals surface area (Å²) in [6.07, 6.45) is -2.97. The molecule has 1 heterocycles. The lowest BCUT2D eigenvalue weighted by molar-refractivity contribution is -0.137. The molecule has 130 valence electrons. The summed E-state index contributed by atoms with van der Waals surface area (Å²) in [5, 5.41) is 10.5. The SMILES string of the molecule is N#Cc1c(-c2cccc(C(F)(F)F)c2)ccnc1Sc1cccc(Cl)c1. The molecule has 0 fully saturated rings. The Morgan fingerprint density at radius 3 is 2.50 bits per heavy atom. The predicted molar refractivity (Wildman–Crippen MR) is 95.0 cm³/mol. The zero-order chi connectivity index (χ0) is 18.7. The molecule has 0 bridgehead atoms. The highest BCUT2D eigenvalue weighted by Gasteiger charge is 2.30. The summed E-state index contributed by atoms with van der Waals surface area (Å²) in [6, 6.07) is 15.5. The van der Waals surface area contributed by atoms with Crippen molar-refractivity contribution in [2.45, 2.75) is 16.1 Å². The van der Waals surface area contributed by atoms with E-state index in [1.807, 2.05) is 6.07 Å². The van der Waals surface area contributed by atoms with Crippen LogP contribution in [0.25, 0.3) is 11.1 Å². The minimum atomic E-state index is -4.45. The van der Waals surface area contributed by atoms with Crippen molar-refractivity contribution >= 4 is 23.4 Å². The van der Waals surface area contributed by atoms with Gasteiger partial charge in [-0.25, -0.2) is 4.98 Å². The lowest BCUT2D eigenvalue weighted by Gasteiger charge is -2.11. The summed E-state index contributed by atoms with van der Waals surface area (Å²) in [5.41, 5.74) is 0.168. The average molecular weight is 391 g/mol. The van der Waals surface area contributed by atoms with Crippen LogP contribution in [0.4, 0.5) is 13.2 Å². The second kappa shape index (κ2) is 7.40. The number of pyridine rings is 1. The zero-order valence-corrected chi connectivity index (χ0v) is 14.7. The Morgan fingerprint density at radius 2 is 1.81 bits per heavy atom. The fourth-order valence-electron chi connectivity index (χ4n) is 2.37. The van der Waals surface area contributed by atoms with Crippen molar-refractivity contribution in [2.75, 3.05) is 0 Å². The number of hydrogen-bond donors (Lipinski definition) is 0. The van der Waals surface area contributed by atoms with Crippen LogP contribution in [0.2, 0.25) is 5.02 Å². The van der Waals surface area contributed by atoms with Crippen molar-refractivity contribution in [1.29, 1.82) is 5.26 Å². The van der Waals surface area contributed by atoms with Crippen molar-refractivity contribution in [2.24, 2.45) is 0 Å². The fraction of sp³-hybridized carbons (Fsp3) is 0.0526. The minimum absolute atomic E-state index is 0.219. The molecule has 0 spiro atoms. The summed E-state index contributed by atoms with van der Waals surface area (Å²) in [7, 11) is 0. The van der Waals surface area contributed by atoms with Gasteiger partial charge >= 0.3 is 6.18 Å². The second-order valence-electron chi connectivity index (χ2n) is 5.29. The van der Waals surface area contributed by atoms with Crippen LogP contribution < -0.4 is 0 Å². The summed E-state index contributed by atoms with van der Waals surface area (Å²) >= 11 is 7.20. The molecule has 0 saturated heterocycles. The summed E-state index contributed by atoms with van der Waals surface area (Å²) in [6.45, 7) is 0. The third kappa shape index (κ3) is 4.01. The fourth-order valence-corrected chi connectivity index (χ4v) is 3.56. The van der Waals surface area contributed by atoms with E-state index >= 15 is 0 Å². The maximum absolute atomic E-state index is 13.0. The van der Waals surface area contributed by atoms with E-state index in [1.165, 1.54) is 30.1 Å².